The van der Waals surface area contributed by atoms with Crippen molar-refractivity contribution in [2.45, 2.75) is 0 Å². The summed E-state index contributed by atoms with van der Waals surface area (Å²) in [6.45, 7) is 0. The van der Waals surface area contributed by atoms with Crippen molar-refractivity contribution < 1.29 is 36.3 Å². The standard InChI is InChI=1S/C6H4F.ClH.Zn/c7-6-4-2-1-3-5-6;;/h1-2,4-5H;1H;/q-1;;+2/p-1. The Balaban J connectivity index is 0. The van der Waals surface area contributed by atoms with Gasteiger partial charge < -0.3 is 12.4 Å². The summed E-state index contributed by atoms with van der Waals surface area (Å²) in [7, 11) is 0. The minimum atomic E-state index is -0.234. The van der Waals surface area contributed by atoms with Crippen molar-refractivity contribution >= 4 is 0 Å². The molecule has 0 fully saturated rings. The zero-order valence-electron chi connectivity index (χ0n) is 4.77. The van der Waals surface area contributed by atoms with Gasteiger partial charge in [0.1, 0.15) is 0 Å². The zero-order chi connectivity index (χ0) is 5.11. The van der Waals surface area contributed by atoms with Gasteiger partial charge in [0, 0.05) is 5.82 Å². The Morgan fingerprint density at radius 1 is 1.44 bits per heavy atom. The van der Waals surface area contributed by atoms with Crippen molar-refractivity contribution in [1.29, 1.82) is 0 Å². The molecule has 44 valence electrons. The topological polar surface area (TPSA) is 0 Å². The quantitative estimate of drug-likeness (QED) is 0.354. The van der Waals surface area contributed by atoms with Gasteiger partial charge in [0.05, 0.1) is 0 Å². The molecule has 0 aliphatic heterocycles. The second-order valence-corrected chi connectivity index (χ2v) is 1.22. The third-order valence-electron chi connectivity index (χ3n) is 0.669. The van der Waals surface area contributed by atoms with E-state index in [1.807, 2.05) is 0 Å². The molecule has 0 N–H and O–H groups in total. The van der Waals surface area contributed by atoms with Gasteiger partial charge in [0.25, 0.3) is 0 Å². The summed E-state index contributed by atoms with van der Waals surface area (Å²) in [5, 5.41) is 0. The maximum Gasteiger partial charge on any atom is 2.00 e. The number of rotatable bonds is 0. The molecule has 1 aromatic rings. The van der Waals surface area contributed by atoms with Crippen LogP contribution in [0.3, 0.4) is 0 Å². The first kappa shape index (κ1) is 11.8. The van der Waals surface area contributed by atoms with Crippen molar-refractivity contribution in [3.05, 3.63) is 36.1 Å². The van der Waals surface area contributed by atoms with E-state index in [0.29, 0.717) is 0 Å². The van der Waals surface area contributed by atoms with E-state index in [1.54, 1.807) is 12.1 Å². The van der Waals surface area contributed by atoms with Crippen LogP contribution in [-0.2, 0) is 19.5 Å². The van der Waals surface area contributed by atoms with E-state index in [4.69, 9.17) is 0 Å². The number of hydrogen-bond donors (Lipinski definition) is 0. The summed E-state index contributed by atoms with van der Waals surface area (Å²) in [5.41, 5.74) is 0. The van der Waals surface area contributed by atoms with Crippen molar-refractivity contribution in [3.8, 4) is 0 Å². The molecule has 1 rings (SSSR count). The summed E-state index contributed by atoms with van der Waals surface area (Å²) in [4.78, 5) is 0. The van der Waals surface area contributed by atoms with E-state index in [1.165, 1.54) is 12.1 Å². The smallest absolute Gasteiger partial charge is 1.00 e. The molecule has 0 bridgehead atoms. The van der Waals surface area contributed by atoms with E-state index in [2.05, 4.69) is 6.07 Å². The SMILES string of the molecule is Fc1c[c-]ccc1.[Cl-].[Zn+2]. The van der Waals surface area contributed by atoms with Crippen LogP contribution in [0.1, 0.15) is 0 Å². The molecule has 0 unspecified atom stereocenters. The Labute approximate surface area is 72.6 Å². The molecule has 0 amide bonds. The second-order valence-electron chi connectivity index (χ2n) is 1.22. The van der Waals surface area contributed by atoms with Crippen molar-refractivity contribution in [2.75, 3.05) is 0 Å². The van der Waals surface area contributed by atoms with Gasteiger partial charge >= 0.3 is 19.5 Å². The molecule has 3 heteroatoms. The first-order valence-corrected chi connectivity index (χ1v) is 2.01. The summed E-state index contributed by atoms with van der Waals surface area (Å²) in [6, 6.07) is 8.53. The molecular formula is C6H4ClFZn. The molecule has 0 saturated heterocycles. The van der Waals surface area contributed by atoms with Gasteiger partial charge in [-0.25, -0.2) is 0 Å². The Morgan fingerprint density at radius 2 is 2.11 bits per heavy atom. The molecule has 0 radical (unpaired) electrons. The molecule has 0 saturated carbocycles. The molecule has 1 aromatic carbocycles. The molecule has 9 heavy (non-hydrogen) atoms. The fourth-order valence-corrected chi connectivity index (χ4v) is 0.371. The van der Waals surface area contributed by atoms with Crippen LogP contribution >= 0.6 is 0 Å². The van der Waals surface area contributed by atoms with Crippen molar-refractivity contribution in [2.24, 2.45) is 0 Å². The predicted molar refractivity (Wildman–Crippen MR) is 25.2 cm³/mol. The average Bonchev–Trinajstić information content (AvgIpc) is 1.69. The Bertz CT molecular complexity index is 143. The molecule has 0 spiro atoms. The predicted octanol–water partition coefficient (Wildman–Crippen LogP) is -1.37. The van der Waals surface area contributed by atoms with Gasteiger partial charge in [-0.05, 0) is 0 Å². The normalized spacial score (nSPS) is 6.78. The summed E-state index contributed by atoms with van der Waals surface area (Å²) in [6.07, 6.45) is 0. The average molecular weight is 196 g/mol. The van der Waals surface area contributed by atoms with Crippen molar-refractivity contribution in [1.82, 2.24) is 0 Å². The van der Waals surface area contributed by atoms with Crippen LogP contribution < -0.4 is 12.4 Å². The van der Waals surface area contributed by atoms with E-state index < -0.39 is 0 Å². The Kier molecular flexibility index (Phi) is 8.12. The molecule has 0 aliphatic carbocycles. The van der Waals surface area contributed by atoms with Crippen molar-refractivity contribution in [3.63, 3.8) is 0 Å². The van der Waals surface area contributed by atoms with Crippen LogP contribution in [0, 0.1) is 11.9 Å². The van der Waals surface area contributed by atoms with Crippen LogP contribution in [-0.4, -0.2) is 0 Å². The van der Waals surface area contributed by atoms with Crippen LogP contribution in [0.25, 0.3) is 0 Å². The van der Waals surface area contributed by atoms with Crippen LogP contribution in [0.5, 0.6) is 0 Å². The molecule has 0 atom stereocenters. The third kappa shape index (κ3) is 4.56. The van der Waals surface area contributed by atoms with E-state index in [9.17, 15) is 4.39 Å². The molecule has 0 heterocycles. The van der Waals surface area contributed by atoms with Crippen LogP contribution in [0.4, 0.5) is 4.39 Å². The monoisotopic (exact) mass is 194 g/mol. The Hall–Kier alpha value is 0.0634. The fourth-order valence-electron chi connectivity index (χ4n) is 0.371. The summed E-state index contributed by atoms with van der Waals surface area (Å²) in [5.74, 6) is -0.234. The first-order chi connectivity index (χ1) is 3.39. The van der Waals surface area contributed by atoms with E-state index in [0.717, 1.165) is 0 Å². The maximum atomic E-state index is 11.9. The van der Waals surface area contributed by atoms with Gasteiger partial charge in [-0.15, -0.1) is 12.1 Å². The maximum absolute atomic E-state index is 11.9. The summed E-state index contributed by atoms with van der Waals surface area (Å²) >= 11 is 0. The van der Waals surface area contributed by atoms with Gasteiger partial charge in [-0.3, -0.25) is 4.39 Å². The van der Waals surface area contributed by atoms with Crippen LogP contribution in [0.15, 0.2) is 24.3 Å². The van der Waals surface area contributed by atoms with Gasteiger partial charge in [0.15, 0.2) is 0 Å². The fraction of sp³-hybridized carbons (Fsp3) is 0. The third-order valence-corrected chi connectivity index (χ3v) is 0.669. The van der Waals surface area contributed by atoms with E-state index in [-0.39, 0.29) is 37.7 Å². The number of hydrogen-bond acceptors (Lipinski definition) is 0. The minimum absolute atomic E-state index is 0. The first-order valence-electron chi connectivity index (χ1n) is 2.01. The molecular weight excluding hydrogens is 192 g/mol. The second kappa shape index (κ2) is 6.19. The number of halogens is 2. The Morgan fingerprint density at radius 3 is 2.33 bits per heavy atom. The van der Waals surface area contributed by atoms with Gasteiger partial charge in [0.2, 0.25) is 0 Å². The molecule has 0 aliphatic rings. The molecule has 0 nitrogen and oxygen atoms in total. The van der Waals surface area contributed by atoms with E-state index >= 15 is 0 Å². The molecule has 0 aromatic heterocycles. The largest absolute Gasteiger partial charge is 2.00 e. The van der Waals surface area contributed by atoms with Crippen LogP contribution in [0.2, 0.25) is 0 Å². The van der Waals surface area contributed by atoms with Gasteiger partial charge in [-0.2, -0.15) is 18.2 Å². The minimum Gasteiger partial charge on any atom is -1.00 e. The summed E-state index contributed by atoms with van der Waals surface area (Å²) < 4.78 is 11.9. The van der Waals surface area contributed by atoms with Gasteiger partial charge in [-0.1, -0.05) is 0 Å². The zero-order valence-corrected chi connectivity index (χ0v) is 8.50. The number of benzene rings is 1.